The molecule has 0 aliphatic carbocycles. The topological polar surface area (TPSA) is 159 Å². The summed E-state index contributed by atoms with van der Waals surface area (Å²) in [5.41, 5.74) is 10.9. The van der Waals surface area contributed by atoms with Gasteiger partial charge in [0, 0.05) is 5.56 Å². The van der Waals surface area contributed by atoms with Crippen LogP contribution >= 0.6 is 0 Å². The Balaban J connectivity index is 2.28. The third kappa shape index (κ3) is 2.77. The zero-order valence-electron chi connectivity index (χ0n) is 10.2. The smallest absolute Gasteiger partial charge is 0.349 e. The molecule has 102 valence electrons. The second kappa shape index (κ2) is 5.61. The Morgan fingerprint density at radius 1 is 1.20 bits per heavy atom. The van der Waals surface area contributed by atoms with Crippen LogP contribution in [0.5, 0.6) is 0 Å². The van der Waals surface area contributed by atoms with Crippen LogP contribution in [0.3, 0.4) is 0 Å². The first kappa shape index (κ1) is 13.2. The second-order valence-corrected chi connectivity index (χ2v) is 3.61. The molecule has 0 aliphatic rings. The quantitative estimate of drug-likeness (QED) is 0.295. The van der Waals surface area contributed by atoms with Crippen molar-refractivity contribution in [3.8, 4) is 11.4 Å². The van der Waals surface area contributed by atoms with Crippen LogP contribution in [0.4, 0.5) is 6.01 Å². The summed E-state index contributed by atoms with van der Waals surface area (Å²) in [5, 5.41) is 6.88. The van der Waals surface area contributed by atoms with Gasteiger partial charge in [-0.05, 0) is 0 Å². The van der Waals surface area contributed by atoms with Gasteiger partial charge in [0.05, 0.1) is 0 Å². The number of hydrazone groups is 1. The van der Waals surface area contributed by atoms with Crippen LogP contribution in [0.2, 0.25) is 0 Å². The molecule has 2 rings (SSSR count). The van der Waals surface area contributed by atoms with E-state index in [1.807, 2.05) is 18.2 Å². The number of rotatable bonds is 4. The van der Waals surface area contributed by atoms with Gasteiger partial charge in [0.2, 0.25) is 5.82 Å². The fourth-order valence-electron chi connectivity index (χ4n) is 1.38. The summed E-state index contributed by atoms with van der Waals surface area (Å²) in [5.74, 6) is 4.11. The van der Waals surface area contributed by atoms with Crippen molar-refractivity contribution in [1.82, 2.24) is 10.1 Å². The van der Waals surface area contributed by atoms with Crippen molar-refractivity contribution in [2.45, 2.75) is 0 Å². The van der Waals surface area contributed by atoms with Gasteiger partial charge >= 0.3 is 6.01 Å². The monoisotopic (exact) mass is 273 g/mol. The van der Waals surface area contributed by atoms with Crippen LogP contribution < -0.4 is 17.3 Å². The van der Waals surface area contributed by atoms with Crippen LogP contribution in [0.15, 0.2) is 44.9 Å². The van der Waals surface area contributed by atoms with Crippen LogP contribution in [0.25, 0.3) is 11.4 Å². The molecule has 1 amide bonds. The lowest BCUT2D eigenvalue weighted by molar-refractivity contribution is -0.111. The highest BCUT2D eigenvalue weighted by atomic mass is 16.5. The molecule has 0 saturated carbocycles. The molecule has 1 aromatic heterocycles. The number of carbonyl (C=O) groups excluding carboxylic acids is 1. The van der Waals surface area contributed by atoms with Crippen LogP contribution in [0, 0.1) is 0 Å². The molecular weight excluding hydrogens is 262 g/mol. The van der Waals surface area contributed by atoms with Crippen molar-refractivity contribution in [2.24, 2.45) is 27.4 Å². The molecule has 0 aliphatic heterocycles. The molecule has 20 heavy (non-hydrogen) atoms. The molecule has 0 fully saturated rings. The zero-order chi connectivity index (χ0) is 14.5. The van der Waals surface area contributed by atoms with Gasteiger partial charge in [-0.25, -0.2) is 0 Å². The van der Waals surface area contributed by atoms with E-state index in [1.54, 1.807) is 12.1 Å². The minimum Gasteiger partial charge on any atom is -0.382 e. The number of hydrogen-bond acceptors (Lipinski definition) is 7. The number of hydrogen-bond donors (Lipinski definition) is 3. The third-order valence-corrected chi connectivity index (χ3v) is 2.27. The summed E-state index contributed by atoms with van der Waals surface area (Å²) < 4.78 is 4.89. The minimum atomic E-state index is -0.906. The molecule has 0 atom stereocenters. The van der Waals surface area contributed by atoms with Gasteiger partial charge in [-0.15, -0.1) is 0 Å². The molecule has 6 N–H and O–H groups in total. The van der Waals surface area contributed by atoms with Gasteiger partial charge in [0.15, 0.2) is 11.5 Å². The number of amides is 1. The van der Waals surface area contributed by atoms with E-state index in [4.69, 9.17) is 21.8 Å². The fourth-order valence-corrected chi connectivity index (χ4v) is 1.38. The van der Waals surface area contributed by atoms with Crippen molar-refractivity contribution in [3.05, 3.63) is 30.3 Å². The number of primary amides is 1. The molecule has 1 aromatic carbocycles. The number of benzene rings is 1. The van der Waals surface area contributed by atoms with Crippen molar-refractivity contribution in [3.63, 3.8) is 0 Å². The average Bonchev–Trinajstić information content (AvgIpc) is 2.88. The van der Waals surface area contributed by atoms with Crippen LogP contribution in [0.1, 0.15) is 0 Å². The predicted molar refractivity (Wildman–Crippen MR) is 71.8 cm³/mol. The van der Waals surface area contributed by atoms with Gasteiger partial charge in [0.1, 0.15) is 0 Å². The second-order valence-electron chi connectivity index (χ2n) is 3.61. The Labute approximate surface area is 113 Å². The summed E-state index contributed by atoms with van der Waals surface area (Å²) in [6.45, 7) is 0. The molecule has 0 radical (unpaired) electrons. The van der Waals surface area contributed by atoms with E-state index in [0.29, 0.717) is 5.82 Å². The Morgan fingerprint density at radius 2 is 1.90 bits per heavy atom. The third-order valence-electron chi connectivity index (χ3n) is 2.27. The standard InChI is InChI=1S/C11H11N7O2/c12-8(7(17-14)9(13)19)15-11-16-10(18-20-11)6-4-2-1-3-5-6/h1-5H,14H2,(H2,13,19)(H2,12,15,16,18). The first-order valence-corrected chi connectivity index (χ1v) is 5.43. The summed E-state index contributed by atoms with van der Waals surface area (Å²) in [6, 6.07) is 8.99. The lowest BCUT2D eigenvalue weighted by Gasteiger charge is -1.96. The molecule has 9 nitrogen and oxygen atoms in total. The molecule has 0 bridgehead atoms. The van der Waals surface area contributed by atoms with Crippen LogP contribution in [-0.2, 0) is 4.79 Å². The van der Waals surface area contributed by atoms with E-state index in [0.717, 1.165) is 5.56 Å². The van der Waals surface area contributed by atoms with Crippen molar-refractivity contribution in [1.29, 1.82) is 0 Å². The Bertz CT molecular complexity index is 675. The number of amidine groups is 1. The zero-order valence-corrected chi connectivity index (χ0v) is 10.2. The molecule has 0 unspecified atom stereocenters. The van der Waals surface area contributed by atoms with E-state index in [1.165, 1.54) is 0 Å². The summed E-state index contributed by atoms with van der Waals surface area (Å²) in [4.78, 5) is 18.7. The Morgan fingerprint density at radius 3 is 2.50 bits per heavy atom. The van der Waals surface area contributed by atoms with Gasteiger partial charge in [0.25, 0.3) is 5.91 Å². The van der Waals surface area contributed by atoms with Gasteiger partial charge in [-0.1, -0.05) is 35.5 Å². The maximum absolute atomic E-state index is 11.0. The van der Waals surface area contributed by atoms with Crippen LogP contribution in [-0.4, -0.2) is 27.6 Å². The highest BCUT2D eigenvalue weighted by Gasteiger charge is 2.14. The number of nitrogens with two attached hydrogens (primary N) is 3. The van der Waals surface area contributed by atoms with Gasteiger partial charge in [-0.2, -0.15) is 15.1 Å². The lowest BCUT2D eigenvalue weighted by Crippen LogP contribution is -2.36. The van der Waals surface area contributed by atoms with Gasteiger partial charge in [-0.3, -0.25) is 4.79 Å². The Hall–Kier alpha value is -3.23. The fraction of sp³-hybridized carbons (Fsp3) is 0. The molecule has 2 aromatic rings. The summed E-state index contributed by atoms with van der Waals surface area (Å²) >= 11 is 0. The minimum absolute atomic E-state index is 0.135. The highest BCUT2D eigenvalue weighted by Crippen LogP contribution is 2.18. The van der Waals surface area contributed by atoms with Gasteiger partial charge < -0.3 is 21.8 Å². The van der Waals surface area contributed by atoms with Crippen molar-refractivity contribution < 1.29 is 9.32 Å². The van der Waals surface area contributed by atoms with Crippen molar-refractivity contribution >= 4 is 23.5 Å². The molecule has 0 spiro atoms. The highest BCUT2D eigenvalue weighted by molar-refractivity contribution is 6.66. The van der Waals surface area contributed by atoms with E-state index < -0.39 is 5.91 Å². The first-order valence-electron chi connectivity index (χ1n) is 5.43. The number of carbonyl (C=O) groups is 1. The normalized spacial score (nSPS) is 12.4. The molecule has 9 heteroatoms. The molecular formula is C11H11N7O2. The average molecular weight is 273 g/mol. The van der Waals surface area contributed by atoms with E-state index >= 15 is 0 Å². The molecule has 0 saturated heterocycles. The van der Waals surface area contributed by atoms with E-state index in [2.05, 4.69) is 20.2 Å². The molecule has 1 heterocycles. The number of aliphatic imine (C=N–C) groups is 1. The first-order chi connectivity index (χ1) is 9.61. The maximum atomic E-state index is 11.0. The maximum Gasteiger partial charge on any atom is 0.349 e. The van der Waals surface area contributed by atoms with E-state index in [9.17, 15) is 4.79 Å². The van der Waals surface area contributed by atoms with Crippen molar-refractivity contribution in [2.75, 3.05) is 0 Å². The Kier molecular flexibility index (Phi) is 3.70. The number of nitrogens with zero attached hydrogens (tertiary/aromatic N) is 4. The lowest BCUT2D eigenvalue weighted by atomic mass is 10.2. The summed E-state index contributed by atoms with van der Waals surface area (Å²) in [7, 11) is 0. The summed E-state index contributed by atoms with van der Waals surface area (Å²) in [6.07, 6.45) is 0. The number of aromatic nitrogens is 2. The SMILES string of the molecule is NN=C(C(N)=O)C(N)=Nc1nc(-c2ccccc2)no1. The largest absolute Gasteiger partial charge is 0.382 e. The predicted octanol–water partition coefficient (Wildman–Crippen LogP) is -0.475. The van der Waals surface area contributed by atoms with E-state index in [-0.39, 0.29) is 17.6 Å².